The quantitative estimate of drug-likeness (QED) is 0.887. The van der Waals surface area contributed by atoms with Crippen LogP contribution in [-0.2, 0) is 4.79 Å². The summed E-state index contributed by atoms with van der Waals surface area (Å²) in [5.41, 5.74) is 6.96. The highest BCUT2D eigenvalue weighted by molar-refractivity contribution is 5.79. The Morgan fingerprint density at radius 3 is 2.40 bits per heavy atom. The number of nitrogens with two attached hydrogens (primary N) is 1. The number of carbonyl (C=O) groups is 1. The Hall–Kier alpha value is -1.55. The number of carbonyl (C=O) groups excluding carboxylic acids is 1. The maximum absolute atomic E-state index is 12.2. The lowest BCUT2D eigenvalue weighted by Gasteiger charge is -2.26. The summed E-state index contributed by atoms with van der Waals surface area (Å²) in [7, 11) is 1.65. The molecule has 4 nitrogen and oxygen atoms in total. The Morgan fingerprint density at radius 1 is 1.25 bits per heavy atom. The molecule has 1 aromatic carbocycles. The molecule has 0 saturated heterocycles. The summed E-state index contributed by atoms with van der Waals surface area (Å²) in [6, 6.07) is 8.10. The minimum atomic E-state index is 0.0176. The molecule has 0 aliphatic heterocycles. The standard InChI is InChI=1S/C16H24N2O2/c1-11(12-5-9-15(20-2)10-6-12)18-16(19)13-3-7-14(17)8-4-13/h5-6,9-11,13-14H,3-4,7-8,17H2,1-2H3,(H,18,19)/t11-,13?,14?/m1/s1. The Kier molecular flexibility index (Phi) is 5.01. The predicted octanol–water partition coefficient (Wildman–Crippen LogP) is 2.39. The lowest BCUT2D eigenvalue weighted by atomic mass is 9.85. The molecule has 1 fully saturated rings. The first-order valence-corrected chi connectivity index (χ1v) is 7.30. The van der Waals surface area contributed by atoms with Gasteiger partial charge in [0.25, 0.3) is 0 Å². The highest BCUT2D eigenvalue weighted by Crippen LogP contribution is 2.24. The maximum atomic E-state index is 12.2. The van der Waals surface area contributed by atoms with E-state index < -0.39 is 0 Å². The van der Waals surface area contributed by atoms with Gasteiger partial charge in [0.05, 0.1) is 13.2 Å². The third-order valence-electron chi connectivity index (χ3n) is 4.12. The van der Waals surface area contributed by atoms with E-state index in [9.17, 15) is 4.79 Å². The Morgan fingerprint density at radius 2 is 1.85 bits per heavy atom. The van der Waals surface area contributed by atoms with Crippen LogP contribution in [0.3, 0.4) is 0 Å². The smallest absolute Gasteiger partial charge is 0.223 e. The molecule has 0 unspecified atom stereocenters. The van der Waals surface area contributed by atoms with Crippen molar-refractivity contribution in [3.05, 3.63) is 29.8 Å². The van der Waals surface area contributed by atoms with Crippen molar-refractivity contribution in [2.75, 3.05) is 7.11 Å². The number of hydrogen-bond acceptors (Lipinski definition) is 3. The molecule has 0 aromatic heterocycles. The van der Waals surface area contributed by atoms with Crippen LogP contribution >= 0.6 is 0 Å². The van der Waals surface area contributed by atoms with E-state index in [0.29, 0.717) is 0 Å². The molecule has 20 heavy (non-hydrogen) atoms. The Labute approximate surface area is 120 Å². The van der Waals surface area contributed by atoms with E-state index >= 15 is 0 Å². The van der Waals surface area contributed by atoms with E-state index in [4.69, 9.17) is 10.5 Å². The molecule has 0 heterocycles. The van der Waals surface area contributed by atoms with Crippen LogP contribution in [0.4, 0.5) is 0 Å². The fourth-order valence-corrected chi connectivity index (χ4v) is 2.69. The third-order valence-corrected chi connectivity index (χ3v) is 4.12. The van der Waals surface area contributed by atoms with E-state index in [1.54, 1.807) is 7.11 Å². The molecule has 1 aromatic rings. The molecule has 3 N–H and O–H groups in total. The van der Waals surface area contributed by atoms with Crippen molar-refractivity contribution in [3.8, 4) is 5.75 Å². The first kappa shape index (κ1) is 14.9. The SMILES string of the molecule is COc1ccc([C@@H](C)NC(=O)C2CCC(N)CC2)cc1. The van der Waals surface area contributed by atoms with E-state index in [1.165, 1.54) is 0 Å². The summed E-state index contributed by atoms with van der Waals surface area (Å²) >= 11 is 0. The summed E-state index contributed by atoms with van der Waals surface area (Å²) in [5, 5.41) is 3.10. The first-order chi connectivity index (χ1) is 9.60. The van der Waals surface area contributed by atoms with Crippen molar-refractivity contribution in [2.24, 2.45) is 11.7 Å². The molecule has 110 valence electrons. The third kappa shape index (κ3) is 3.73. The van der Waals surface area contributed by atoms with Crippen LogP contribution < -0.4 is 15.8 Å². The zero-order valence-corrected chi connectivity index (χ0v) is 12.3. The number of benzene rings is 1. The summed E-state index contributed by atoms with van der Waals surface area (Å²) in [4.78, 5) is 12.2. The molecular weight excluding hydrogens is 252 g/mol. The Bertz CT molecular complexity index is 436. The van der Waals surface area contributed by atoms with Crippen molar-refractivity contribution in [1.82, 2.24) is 5.32 Å². The average Bonchev–Trinajstić information content (AvgIpc) is 2.48. The summed E-state index contributed by atoms with van der Waals surface area (Å²) in [6.07, 6.45) is 3.72. The van der Waals surface area contributed by atoms with Gasteiger partial charge in [0.15, 0.2) is 0 Å². The number of methoxy groups -OCH3 is 1. The summed E-state index contributed by atoms with van der Waals surface area (Å²) in [5.74, 6) is 1.10. The lowest BCUT2D eigenvalue weighted by molar-refractivity contribution is -0.126. The first-order valence-electron chi connectivity index (χ1n) is 7.30. The molecule has 0 bridgehead atoms. The van der Waals surface area contributed by atoms with Crippen molar-refractivity contribution in [2.45, 2.75) is 44.7 Å². The van der Waals surface area contributed by atoms with Crippen LogP contribution in [0.25, 0.3) is 0 Å². The number of rotatable bonds is 4. The van der Waals surface area contributed by atoms with Gasteiger partial charge in [-0.1, -0.05) is 12.1 Å². The fraction of sp³-hybridized carbons (Fsp3) is 0.562. The second kappa shape index (κ2) is 6.75. The fourth-order valence-electron chi connectivity index (χ4n) is 2.69. The zero-order chi connectivity index (χ0) is 14.5. The van der Waals surface area contributed by atoms with Gasteiger partial charge in [0.2, 0.25) is 5.91 Å². The van der Waals surface area contributed by atoms with Gasteiger partial charge < -0.3 is 15.8 Å². The molecule has 4 heteroatoms. The maximum Gasteiger partial charge on any atom is 0.223 e. The van der Waals surface area contributed by atoms with E-state index in [0.717, 1.165) is 37.0 Å². The highest BCUT2D eigenvalue weighted by atomic mass is 16.5. The van der Waals surface area contributed by atoms with E-state index in [1.807, 2.05) is 31.2 Å². The van der Waals surface area contributed by atoms with E-state index in [2.05, 4.69) is 5.32 Å². The number of amides is 1. The topological polar surface area (TPSA) is 64.3 Å². The highest BCUT2D eigenvalue weighted by Gasteiger charge is 2.25. The molecule has 1 atom stereocenters. The van der Waals surface area contributed by atoms with Crippen LogP contribution in [-0.4, -0.2) is 19.1 Å². The van der Waals surface area contributed by atoms with Crippen molar-refractivity contribution >= 4 is 5.91 Å². The largest absolute Gasteiger partial charge is 0.497 e. The van der Waals surface area contributed by atoms with Gasteiger partial charge in [-0.3, -0.25) is 4.79 Å². The minimum absolute atomic E-state index is 0.0176. The van der Waals surface area contributed by atoms with Crippen molar-refractivity contribution < 1.29 is 9.53 Å². The number of ether oxygens (including phenoxy) is 1. The second-order valence-electron chi connectivity index (χ2n) is 5.62. The minimum Gasteiger partial charge on any atom is -0.497 e. The van der Waals surface area contributed by atoms with Gasteiger partial charge in [-0.25, -0.2) is 0 Å². The average molecular weight is 276 g/mol. The summed E-state index contributed by atoms with van der Waals surface area (Å²) < 4.78 is 5.14. The molecule has 0 spiro atoms. The van der Waals surface area contributed by atoms with Gasteiger partial charge in [0.1, 0.15) is 5.75 Å². The van der Waals surface area contributed by atoms with Crippen molar-refractivity contribution in [3.63, 3.8) is 0 Å². The number of nitrogens with one attached hydrogen (secondary N) is 1. The summed E-state index contributed by atoms with van der Waals surface area (Å²) in [6.45, 7) is 2.01. The molecule has 1 saturated carbocycles. The Balaban J connectivity index is 1.89. The second-order valence-corrected chi connectivity index (χ2v) is 5.62. The lowest BCUT2D eigenvalue weighted by Crippen LogP contribution is -2.37. The van der Waals surface area contributed by atoms with Crippen LogP contribution in [0, 0.1) is 5.92 Å². The molecule has 0 radical (unpaired) electrons. The molecule has 1 aliphatic rings. The monoisotopic (exact) mass is 276 g/mol. The molecule has 2 rings (SSSR count). The molecule has 1 aliphatic carbocycles. The van der Waals surface area contributed by atoms with Crippen LogP contribution in [0.15, 0.2) is 24.3 Å². The van der Waals surface area contributed by atoms with Gasteiger partial charge in [0, 0.05) is 12.0 Å². The van der Waals surface area contributed by atoms with Gasteiger partial charge in [-0.05, 0) is 50.3 Å². The van der Waals surface area contributed by atoms with Crippen LogP contribution in [0.5, 0.6) is 5.75 Å². The number of hydrogen-bond donors (Lipinski definition) is 2. The normalized spacial score (nSPS) is 23.9. The van der Waals surface area contributed by atoms with Crippen LogP contribution in [0.2, 0.25) is 0 Å². The van der Waals surface area contributed by atoms with Crippen molar-refractivity contribution in [1.29, 1.82) is 0 Å². The molecule has 1 amide bonds. The van der Waals surface area contributed by atoms with Gasteiger partial charge in [-0.15, -0.1) is 0 Å². The van der Waals surface area contributed by atoms with E-state index in [-0.39, 0.29) is 23.9 Å². The predicted molar refractivity (Wildman–Crippen MR) is 79.5 cm³/mol. The van der Waals surface area contributed by atoms with Gasteiger partial charge >= 0.3 is 0 Å². The molecular formula is C16H24N2O2. The van der Waals surface area contributed by atoms with Gasteiger partial charge in [-0.2, -0.15) is 0 Å². The van der Waals surface area contributed by atoms with Crippen LogP contribution in [0.1, 0.15) is 44.2 Å². The zero-order valence-electron chi connectivity index (χ0n) is 12.3.